The second kappa shape index (κ2) is 4.12. The predicted molar refractivity (Wildman–Crippen MR) is 58.8 cm³/mol. The lowest BCUT2D eigenvalue weighted by Gasteiger charge is -2.32. The topological polar surface area (TPSA) is 40.5 Å². The first kappa shape index (κ1) is 10.9. The average Bonchev–Trinajstić information content (AvgIpc) is 2.81. The molecule has 0 aromatic carbocycles. The van der Waals surface area contributed by atoms with Crippen molar-refractivity contribution >= 4 is 5.97 Å². The normalized spacial score (nSPS) is 31.5. The largest absolute Gasteiger partial charge is 0.481 e. The van der Waals surface area contributed by atoms with Gasteiger partial charge in [0.2, 0.25) is 0 Å². The summed E-state index contributed by atoms with van der Waals surface area (Å²) < 4.78 is 0. The summed E-state index contributed by atoms with van der Waals surface area (Å²) >= 11 is 0. The summed E-state index contributed by atoms with van der Waals surface area (Å²) in [6.45, 7) is 4.46. The molecule has 15 heavy (non-hydrogen) atoms. The van der Waals surface area contributed by atoms with E-state index in [1.807, 2.05) is 0 Å². The molecule has 0 heterocycles. The molecule has 0 spiro atoms. The first-order valence-corrected chi connectivity index (χ1v) is 6.10. The molecule has 2 saturated carbocycles. The molecule has 0 radical (unpaired) electrons. The smallest absolute Gasteiger partial charge is 0.306 e. The van der Waals surface area contributed by atoms with Gasteiger partial charge in [-0.15, -0.1) is 0 Å². The number of hydrogen-bond donors (Lipinski definition) is 1. The SMILES string of the molecule is CC(C)N(C1CC1)C1CCC(C(=O)O)C1. The Kier molecular flexibility index (Phi) is 3.01. The third-order valence-electron chi connectivity index (χ3n) is 3.74. The summed E-state index contributed by atoms with van der Waals surface area (Å²) in [5.74, 6) is -0.688. The molecule has 0 amide bonds. The van der Waals surface area contributed by atoms with Crippen molar-refractivity contribution in [3.63, 3.8) is 0 Å². The van der Waals surface area contributed by atoms with Crippen LogP contribution in [-0.4, -0.2) is 34.1 Å². The van der Waals surface area contributed by atoms with Crippen molar-refractivity contribution < 1.29 is 9.90 Å². The first-order chi connectivity index (χ1) is 7.09. The van der Waals surface area contributed by atoms with E-state index in [2.05, 4.69) is 18.7 Å². The lowest BCUT2D eigenvalue weighted by molar-refractivity contribution is -0.141. The molecule has 3 nitrogen and oxygen atoms in total. The molecule has 2 aliphatic carbocycles. The van der Waals surface area contributed by atoms with Crippen LogP contribution in [0.1, 0.15) is 46.0 Å². The molecular formula is C12H21NO2. The summed E-state index contributed by atoms with van der Waals surface area (Å²) in [6, 6.07) is 1.84. The minimum Gasteiger partial charge on any atom is -0.481 e. The van der Waals surface area contributed by atoms with Gasteiger partial charge in [-0.25, -0.2) is 0 Å². The molecule has 0 aromatic rings. The summed E-state index contributed by atoms with van der Waals surface area (Å²) in [6.07, 6.45) is 5.43. The van der Waals surface area contributed by atoms with Crippen LogP contribution in [0.5, 0.6) is 0 Å². The van der Waals surface area contributed by atoms with Crippen LogP contribution in [-0.2, 0) is 4.79 Å². The van der Waals surface area contributed by atoms with Gasteiger partial charge in [0.1, 0.15) is 0 Å². The Hall–Kier alpha value is -0.570. The van der Waals surface area contributed by atoms with E-state index in [0.717, 1.165) is 25.3 Å². The highest BCUT2D eigenvalue weighted by Gasteiger charge is 2.40. The fourth-order valence-corrected chi connectivity index (χ4v) is 2.97. The second-order valence-corrected chi connectivity index (χ2v) is 5.27. The Morgan fingerprint density at radius 1 is 1.20 bits per heavy atom. The van der Waals surface area contributed by atoms with Gasteiger partial charge in [0.25, 0.3) is 0 Å². The molecule has 0 bridgehead atoms. The molecular weight excluding hydrogens is 190 g/mol. The van der Waals surface area contributed by atoms with Gasteiger partial charge >= 0.3 is 5.97 Å². The van der Waals surface area contributed by atoms with Gasteiger partial charge in [-0.05, 0) is 46.0 Å². The number of hydrogen-bond acceptors (Lipinski definition) is 2. The molecule has 2 aliphatic rings. The molecule has 2 fully saturated rings. The molecule has 0 aromatic heterocycles. The summed E-state index contributed by atoms with van der Waals surface area (Å²) in [5.41, 5.74) is 0. The van der Waals surface area contributed by atoms with Gasteiger partial charge in [-0.3, -0.25) is 9.69 Å². The van der Waals surface area contributed by atoms with Crippen LogP contribution in [0.2, 0.25) is 0 Å². The zero-order valence-electron chi connectivity index (χ0n) is 9.65. The number of carbonyl (C=O) groups is 1. The van der Waals surface area contributed by atoms with Crippen LogP contribution in [0, 0.1) is 5.92 Å². The Morgan fingerprint density at radius 3 is 2.20 bits per heavy atom. The predicted octanol–water partition coefficient (Wildman–Crippen LogP) is 2.11. The molecule has 0 aliphatic heterocycles. The van der Waals surface area contributed by atoms with Crippen molar-refractivity contribution in [2.24, 2.45) is 5.92 Å². The molecule has 2 rings (SSSR count). The number of nitrogens with zero attached hydrogens (tertiary/aromatic N) is 1. The molecule has 2 unspecified atom stereocenters. The van der Waals surface area contributed by atoms with Gasteiger partial charge in [-0.2, -0.15) is 0 Å². The summed E-state index contributed by atoms with van der Waals surface area (Å²) in [7, 11) is 0. The Morgan fingerprint density at radius 2 is 1.80 bits per heavy atom. The quantitative estimate of drug-likeness (QED) is 0.774. The molecule has 2 atom stereocenters. The van der Waals surface area contributed by atoms with E-state index < -0.39 is 5.97 Å². The van der Waals surface area contributed by atoms with Gasteiger partial charge in [0.15, 0.2) is 0 Å². The van der Waals surface area contributed by atoms with Crippen LogP contribution in [0.15, 0.2) is 0 Å². The van der Waals surface area contributed by atoms with E-state index in [4.69, 9.17) is 5.11 Å². The van der Waals surface area contributed by atoms with Crippen molar-refractivity contribution in [1.82, 2.24) is 4.90 Å². The van der Waals surface area contributed by atoms with E-state index in [1.165, 1.54) is 12.8 Å². The van der Waals surface area contributed by atoms with E-state index >= 15 is 0 Å². The first-order valence-electron chi connectivity index (χ1n) is 6.10. The van der Waals surface area contributed by atoms with Crippen molar-refractivity contribution in [3.8, 4) is 0 Å². The highest BCUT2D eigenvalue weighted by atomic mass is 16.4. The Bertz CT molecular complexity index is 246. The molecule has 1 N–H and O–H groups in total. The van der Waals surface area contributed by atoms with E-state index in [0.29, 0.717) is 12.1 Å². The van der Waals surface area contributed by atoms with E-state index in [9.17, 15) is 4.79 Å². The number of rotatable bonds is 4. The Labute approximate surface area is 91.5 Å². The maximum atomic E-state index is 10.9. The van der Waals surface area contributed by atoms with Crippen molar-refractivity contribution in [3.05, 3.63) is 0 Å². The standard InChI is InChI=1S/C12H21NO2/c1-8(2)13(10-5-6-10)11-4-3-9(7-11)12(14)15/h8-11H,3-7H2,1-2H3,(H,14,15). The minimum atomic E-state index is -0.600. The van der Waals surface area contributed by atoms with Crippen LogP contribution in [0.3, 0.4) is 0 Å². The highest BCUT2D eigenvalue weighted by molar-refractivity contribution is 5.70. The van der Waals surface area contributed by atoms with Gasteiger partial charge in [0.05, 0.1) is 5.92 Å². The third kappa shape index (κ3) is 2.33. The third-order valence-corrected chi connectivity index (χ3v) is 3.74. The molecule has 3 heteroatoms. The van der Waals surface area contributed by atoms with Gasteiger partial charge in [0, 0.05) is 18.1 Å². The number of aliphatic carboxylic acids is 1. The number of carboxylic acid groups (broad SMARTS) is 1. The van der Waals surface area contributed by atoms with Crippen molar-refractivity contribution in [1.29, 1.82) is 0 Å². The average molecular weight is 211 g/mol. The lowest BCUT2D eigenvalue weighted by Crippen LogP contribution is -2.41. The number of carboxylic acids is 1. The van der Waals surface area contributed by atoms with Gasteiger partial charge in [-0.1, -0.05) is 0 Å². The zero-order valence-corrected chi connectivity index (χ0v) is 9.65. The highest BCUT2D eigenvalue weighted by Crippen LogP contribution is 2.37. The van der Waals surface area contributed by atoms with E-state index in [-0.39, 0.29) is 5.92 Å². The maximum absolute atomic E-state index is 10.9. The zero-order chi connectivity index (χ0) is 11.0. The summed E-state index contributed by atoms with van der Waals surface area (Å²) in [4.78, 5) is 13.5. The molecule has 0 saturated heterocycles. The van der Waals surface area contributed by atoms with Crippen LogP contribution >= 0.6 is 0 Å². The fourth-order valence-electron chi connectivity index (χ4n) is 2.97. The maximum Gasteiger partial charge on any atom is 0.306 e. The van der Waals surface area contributed by atoms with Crippen LogP contribution in [0.25, 0.3) is 0 Å². The fraction of sp³-hybridized carbons (Fsp3) is 0.917. The molecule has 86 valence electrons. The summed E-state index contributed by atoms with van der Waals surface area (Å²) in [5, 5.41) is 8.99. The van der Waals surface area contributed by atoms with Gasteiger partial charge < -0.3 is 5.11 Å². The second-order valence-electron chi connectivity index (χ2n) is 5.27. The van der Waals surface area contributed by atoms with Crippen LogP contribution < -0.4 is 0 Å². The Balaban J connectivity index is 1.95. The van der Waals surface area contributed by atoms with Crippen molar-refractivity contribution in [2.75, 3.05) is 0 Å². The minimum absolute atomic E-state index is 0.0880. The monoisotopic (exact) mass is 211 g/mol. The lowest BCUT2D eigenvalue weighted by atomic mass is 10.1. The van der Waals surface area contributed by atoms with Crippen LogP contribution in [0.4, 0.5) is 0 Å². The van der Waals surface area contributed by atoms with Crippen molar-refractivity contribution in [2.45, 2.75) is 64.1 Å². The van der Waals surface area contributed by atoms with E-state index in [1.54, 1.807) is 0 Å².